The van der Waals surface area contributed by atoms with Crippen molar-refractivity contribution < 1.29 is 19.1 Å². The number of thiophene rings is 1. The summed E-state index contributed by atoms with van der Waals surface area (Å²) in [6.07, 6.45) is 1.91. The van der Waals surface area contributed by atoms with Crippen LogP contribution in [0.25, 0.3) is 10.1 Å². The fourth-order valence-corrected chi connectivity index (χ4v) is 5.26. The van der Waals surface area contributed by atoms with E-state index in [1.807, 2.05) is 43.5 Å². The molecule has 3 heterocycles. The highest BCUT2D eigenvalue weighted by molar-refractivity contribution is 7.59. The van der Waals surface area contributed by atoms with E-state index in [0.29, 0.717) is 18.5 Å². The predicted molar refractivity (Wildman–Crippen MR) is 140 cm³/mol. The van der Waals surface area contributed by atoms with Crippen LogP contribution in [0.1, 0.15) is 50.9 Å². The van der Waals surface area contributed by atoms with Crippen LogP contribution in [-0.2, 0) is 14.3 Å². The molecule has 0 saturated carbocycles. The molecule has 2 aliphatic heterocycles. The highest BCUT2D eigenvalue weighted by Gasteiger charge is 2.45. The van der Waals surface area contributed by atoms with Crippen LogP contribution in [0.3, 0.4) is 0 Å². The van der Waals surface area contributed by atoms with Gasteiger partial charge in [0.2, 0.25) is 5.91 Å². The summed E-state index contributed by atoms with van der Waals surface area (Å²) in [7, 11) is 0. The Morgan fingerprint density at radius 1 is 1.25 bits per heavy atom. The Bertz CT molecular complexity index is 946. The van der Waals surface area contributed by atoms with Gasteiger partial charge in [-0.25, -0.2) is 0 Å². The van der Waals surface area contributed by atoms with Gasteiger partial charge in [-0.05, 0) is 31.2 Å². The van der Waals surface area contributed by atoms with Crippen LogP contribution in [0.2, 0.25) is 0 Å². The Hall–Kier alpha value is -1.55. The van der Waals surface area contributed by atoms with Gasteiger partial charge in [-0.1, -0.05) is 39.5 Å². The van der Waals surface area contributed by atoms with Crippen molar-refractivity contribution in [2.75, 3.05) is 13.2 Å². The maximum absolute atomic E-state index is 13.4. The van der Waals surface area contributed by atoms with Crippen LogP contribution in [0.5, 0.6) is 0 Å². The van der Waals surface area contributed by atoms with E-state index in [1.54, 1.807) is 4.90 Å². The van der Waals surface area contributed by atoms with Gasteiger partial charge in [0.05, 0.1) is 11.7 Å². The molecule has 1 aromatic carbocycles. The van der Waals surface area contributed by atoms with E-state index < -0.39 is 12.1 Å². The van der Waals surface area contributed by atoms with Crippen molar-refractivity contribution in [3.63, 3.8) is 0 Å². The van der Waals surface area contributed by atoms with Gasteiger partial charge in [0, 0.05) is 22.0 Å². The van der Waals surface area contributed by atoms with E-state index in [-0.39, 0.29) is 70.6 Å². The van der Waals surface area contributed by atoms with Crippen molar-refractivity contribution in [2.45, 2.75) is 58.7 Å². The molecule has 2 aliphatic rings. The van der Waals surface area contributed by atoms with Crippen molar-refractivity contribution >= 4 is 66.0 Å². The number of ether oxygens (including phenoxy) is 1. The largest absolute Gasteiger partial charge is 0.368 e. The number of benzene rings is 1. The van der Waals surface area contributed by atoms with Crippen LogP contribution in [0.15, 0.2) is 29.6 Å². The number of rotatable bonds is 5. The number of likely N-dealkylation sites (tertiary alicyclic amines) is 1. The van der Waals surface area contributed by atoms with Gasteiger partial charge in [-0.15, -0.1) is 11.3 Å². The standard InChI is InChI=1S/C22H26N2O4S.CH4.2H2S/c1-13(2)10-16(22(27)24-9-5-7-18-20(24)17(25)11-28-18)23-21(26)15-12-29-19-8-4-3-6-14(15)19;;;/h3-4,6,8,12-13,16,18,20H,5,7,9-11H2,1-2H3,(H,23,26);1H4;2*1H2/t16-,18-,20-;;;/m0.../s1. The minimum absolute atomic E-state index is 0. The molecule has 2 saturated heterocycles. The summed E-state index contributed by atoms with van der Waals surface area (Å²) >= 11 is 1.52. The molecule has 0 unspecified atom stereocenters. The first kappa shape index (κ1) is 28.5. The highest BCUT2D eigenvalue weighted by atomic mass is 32.1. The van der Waals surface area contributed by atoms with Crippen molar-refractivity contribution in [3.05, 3.63) is 35.2 Å². The number of ketones is 1. The maximum Gasteiger partial charge on any atom is 0.253 e. The molecule has 6 nitrogen and oxygen atoms in total. The smallest absolute Gasteiger partial charge is 0.253 e. The fraction of sp³-hybridized carbons (Fsp3) is 0.522. The number of nitrogens with zero attached hydrogens (tertiary/aromatic N) is 1. The number of carbonyl (C=O) groups is 3. The molecule has 0 radical (unpaired) electrons. The first-order chi connectivity index (χ1) is 14.0. The topological polar surface area (TPSA) is 75.7 Å². The summed E-state index contributed by atoms with van der Waals surface area (Å²) in [4.78, 5) is 40.4. The number of piperidine rings is 1. The van der Waals surface area contributed by atoms with Crippen LogP contribution in [-0.4, -0.2) is 53.8 Å². The summed E-state index contributed by atoms with van der Waals surface area (Å²) in [6, 6.07) is 6.58. The van der Waals surface area contributed by atoms with E-state index in [1.165, 1.54) is 11.3 Å². The van der Waals surface area contributed by atoms with Gasteiger partial charge in [0.1, 0.15) is 18.7 Å². The average molecular weight is 499 g/mol. The van der Waals surface area contributed by atoms with Gasteiger partial charge in [-0.3, -0.25) is 14.4 Å². The summed E-state index contributed by atoms with van der Waals surface area (Å²) in [5.41, 5.74) is 0.587. The molecule has 9 heteroatoms. The minimum Gasteiger partial charge on any atom is -0.368 e. The molecule has 1 aromatic heterocycles. The third-order valence-corrected chi connectivity index (χ3v) is 6.63. The molecule has 2 aromatic rings. The second-order valence-electron chi connectivity index (χ2n) is 8.24. The minimum atomic E-state index is -0.659. The molecule has 1 N–H and O–H groups in total. The highest BCUT2D eigenvalue weighted by Crippen LogP contribution is 2.28. The van der Waals surface area contributed by atoms with Crippen molar-refractivity contribution in [1.82, 2.24) is 10.2 Å². The first-order valence-corrected chi connectivity index (χ1v) is 11.1. The zero-order valence-corrected chi connectivity index (χ0v) is 20.5. The lowest BCUT2D eigenvalue weighted by Gasteiger charge is -2.37. The molecular formula is C23H34N2O4S3. The van der Waals surface area contributed by atoms with E-state index in [9.17, 15) is 14.4 Å². The van der Waals surface area contributed by atoms with E-state index >= 15 is 0 Å². The third-order valence-electron chi connectivity index (χ3n) is 5.66. The van der Waals surface area contributed by atoms with E-state index in [2.05, 4.69) is 5.32 Å². The van der Waals surface area contributed by atoms with Crippen LogP contribution < -0.4 is 5.32 Å². The molecular weight excluding hydrogens is 464 g/mol. The molecule has 178 valence electrons. The summed E-state index contributed by atoms with van der Waals surface area (Å²) < 4.78 is 6.61. The van der Waals surface area contributed by atoms with Crippen LogP contribution >= 0.6 is 38.3 Å². The van der Waals surface area contributed by atoms with E-state index in [0.717, 1.165) is 22.9 Å². The van der Waals surface area contributed by atoms with Gasteiger partial charge in [0.25, 0.3) is 5.91 Å². The molecule has 3 atom stereocenters. The van der Waals surface area contributed by atoms with Gasteiger partial charge in [-0.2, -0.15) is 27.0 Å². The Morgan fingerprint density at radius 2 is 1.97 bits per heavy atom. The summed E-state index contributed by atoms with van der Waals surface area (Å²) in [6.45, 7) is 4.65. The number of nitrogens with one attached hydrogen (secondary N) is 1. The number of amides is 2. The molecule has 0 spiro atoms. The number of fused-ring (bicyclic) bond motifs is 2. The Morgan fingerprint density at radius 3 is 2.69 bits per heavy atom. The maximum atomic E-state index is 13.4. The van der Waals surface area contributed by atoms with Crippen LogP contribution in [0.4, 0.5) is 0 Å². The van der Waals surface area contributed by atoms with Crippen LogP contribution in [0, 0.1) is 5.92 Å². The SMILES string of the molecule is C.CC(C)C[C@H](NC(=O)c1csc2ccccc12)C(=O)N1CCC[C@@H]2OCC(=O)[C@@H]21.S.S. The first-order valence-electron chi connectivity index (χ1n) is 10.2. The number of carbonyl (C=O) groups excluding carboxylic acids is 3. The lowest BCUT2D eigenvalue weighted by atomic mass is 9.95. The van der Waals surface area contributed by atoms with Crippen molar-refractivity contribution in [3.8, 4) is 0 Å². The summed E-state index contributed by atoms with van der Waals surface area (Å²) in [5, 5.41) is 5.69. The van der Waals surface area contributed by atoms with Crippen molar-refractivity contribution in [1.29, 1.82) is 0 Å². The molecule has 4 rings (SSSR count). The third kappa shape index (κ3) is 5.68. The van der Waals surface area contributed by atoms with Gasteiger partial charge in [0.15, 0.2) is 5.78 Å². The van der Waals surface area contributed by atoms with Crippen molar-refractivity contribution in [2.24, 2.45) is 5.92 Å². The molecule has 0 aliphatic carbocycles. The molecule has 0 bridgehead atoms. The second-order valence-corrected chi connectivity index (χ2v) is 9.15. The molecule has 2 amide bonds. The van der Waals surface area contributed by atoms with E-state index in [4.69, 9.17) is 4.74 Å². The molecule has 2 fully saturated rings. The second kappa shape index (κ2) is 12.1. The lowest BCUT2D eigenvalue weighted by Crippen LogP contribution is -2.58. The zero-order valence-electron chi connectivity index (χ0n) is 17.7. The lowest BCUT2D eigenvalue weighted by molar-refractivity contribution is -0.142. The predicted octanol–water partition coefficient (Wildman–Crippen LogP) is 3.87. The normalized spacial score (nSPS) is 20.6. The quantitative estimate of drug-likeness (QED) is 0.679. The molecule has 32 heavy (non-hydrogen) atoms. The number of hydrogen-bond acceptors (Lipinski definition) is 5. The number of hydrogen-bond donors (Lipinski definition) is 1. The fourth-order valence-electron chi connectivity index (χ4n) is 4.32. The Balaban J connectivity index is 0.00000171. The summed E-state index contributed by atoms with van der Waals surface area (Å²) in [5.74, 6) is -0.245. The monoisotopic (exact) mass is 498 g/mol. The zero-order chi connectivity index (χ0) is 20.5. The van der Waals surface area contributed by atoms with Gasteiger partial charge >= 0.3 is 0 Å². The Labute approximate surface area is 208 Å². The van der Waals surface area contributed by atoms with Gasteiger partial charge < -0.3 is 15.0 Å². The Kier molecular flexibility index (Phi) is 10.7. The number of Topliss-reactive ketones (excluding diaryl/α,β-unsaturated/α-hetero) is 1. The average Bonchev–Trinajstić information content (AvgIpc) is 3.30.